The number of nitrogens with two attached hydrogens (primary N) is 1. The van der Waals surface area contributed by atoms with Crippen LogP contribution in [0.25, 0.3) is 0 Å². The number of hydrogen-bond donors (Lipinski definition) is 2. The Labute approximate surface area is 111 Å². The van der Waals surface area contributed by atoms with Crippen molar-refractivity contribution in [2.45, 2.75) is 46.0 Å². The van der Waals surface area contributed by atoms with E-state index in [0.717, 1.165) is 45.2 Å². The fraction of sp³-hybridized carbons (Fsp3) is 0.800. The van der Waals surface area contributed by atoms with Crippen LogP contribution in [0.4, 0.5) is 0 Å². The molecule has 2 unspecified atom stereocenters. The minimum absolute atomic E-state index is 0.147. The summed E-state index contributed by atoms with van der Waals surface area (Å²) in [4.78, 5) is 12.2. The van der Waals surface area contributed by atoms with E-state index in [1.54, 1.807) is 0 Å². The third-order valence-corrected chi connectivity index (χ3v) is 3.94. The lowest BCUT2D eigenvalue weighted by Crippen LogP contribution is -2.36. The van der Waals surface area contributed by atoms with Crippen molar-refractivity contribution in [3.63, 3.8) is 0 Å². The van der Waals surface area contributed by atoms with Gasteiger partial charge >= 0.3 is 0 Å². The maximum absolute atomic E-state index is 12.2. The maximum atomic E-state index is 12.2. The van der Waals surface area contributed by atoms with E-state index in [4.69, 9.17) is 5.73 Å². The van der Waals surface area contributed by atoms with Gasteiger partial charge < -0.3 is 11.1 Å². The van der Waals surface area contributed by atoms with Gasteiger partial charge in [-0.15, -0.1) is 0 Å². The summed E-state index contributed by atoms with van der Waals surface area (Å²) in [5.74, 6) is 1.42. The van der Waals surface area contributed by atoms with Crippen molar-refractivity contribution in [3.05, 3.63) is 12.2 Å². The number of hydrogen-bond acceptors (Lipinski definition) is 2. The summed E-state index contributed by atoms with van der Waals surface area (Å²) in [6, 6.07) is 0. The molecule has 3 N–H and O–H groups in total. The molecule has 0 aromatic carbocycles. The third-order valence-electron chi connectivity index (χ3n) is 3.94. The average molecular weight is 252 g/mol. The maximum Gasteiger partial charge on any atom is 0.223 e. The molecule has 0 fully saturated rings. The quantitative estimate of drug-likeness (QED) is 0.515. The SMILES string of the molecule is CCC(C(=O)NCCCCCN)C1C=CC[C@@H]1C. The lowest BCUT2D eigenvalue weighted by atomic mass is 9.83. The van der Waals surface area contributed by atoms with Gasteiger partial charge in [-0.2, -0.15) is 0 Å². The first-order chi connectivity index (χ1) is 8.70. The van der Waals surface area contributed by atoms with Gasteiger partial charge in [0.05, 0.1) is 0 Å². The first-order valence-corrected chi connectivity index (χ1v) is 7.35. The van der Waals surface area contributed by atoms with Gasteiger partial charge in [0.2, 0.25) is 5.91 Å². The Kier molecular flexibility index (Phi) is 7.02. The molecular formula is C15H28N2O. The fourth-order valence-electron chi connectivity index (χ4n) is 2.75. The number of unbranched alkanes of at least 4 members (excludes halogenated alkanes) is 2. The van der Waals surface area contributed by atoms with Crippen LogP contribution in [0, 0.1) is 17.8 Å². The molecule has 0 saturated heterocycles. The molecule has 104 valence electrons. The molecular weight excluding hydrogens is 224 g/mol. The molecule has 3 heteroatoms. The number of carbonyl (C=O) groups excluding carboxylic acids is 1. The molecule has 3 atom stereocenters. The molecule has 0 radical (unpaired) electrons. The van der Waals surface area contributed by atoms with Crippen molar-refractivity contribution in [2.75, 3.05) is 13.1 Å². The predicted octanol–water partition coefficient (Wildman–Crippen LogP) is 2.47. The zero-order valence-electron chi connectivity index (χ0n) is 11.8. The molecule has 0 aromatic rings. The van der Waals surface area contributed by atoms with Crippen LogP contribution >= 0.6 is 0 Å². The molecule has 0 spiro atoms. The Morgan fingerprint density at radius 1 is 1.44 bits per heavy atom. The van der Waals surface area contributed by atoms with E-state index in [2.05, 4.69) is 31.3 Å². The van der Waals surface area contributed by atoms with Crippen LogP contribution in [0.3, 0.4) is 0 Å². The summed E-state index contributed by atoms with van der Waals surface area (Å²) < 4.78 is 0. The van der Waals surface area contributed by atoms with Crippen LogP contribution < -0.4 is 11.1 Å². The van der Waals surface area contributed by atoms with Crippen molar-refractivity contribution >= 4 is 5.91 Å². The van der Waals surface area contributed by atoms with E-state index in [1.165, 1.54) is 0 Å². The molecule has 0 saturated carbocycles. The zero-order chi connectivity index (χ0) is 13.4. The van der Waals surface area contributed by atoms with Crippen molar-refractivity contribution in [3.8, 4) is 0 Å². The molecule has 1 aliphatic carbocycles. The van der Waals surface area contributed by atoms with E-state index < -0.39 is 0 Å². The summed E-state index contributed by atoms with van der Waals surface area (Å²) in [7, 11) is 0. The van der Waals surface area contributed by atoms with Crippen LogP contribution in [0.15, 0.2) is 12.2 Å². The minimum atomic E-state index is 0.147. The molecule has 0 heterocycles. The summed E-state index contributed by atoms with van der Waals surface area (Å²) >= 11 is 0. The van der Waals surface area contributed by atoms with E-state index in [1.807, 2.05) is 0 Å². The molecule has 0 aromatic heterocycles. The number of amides is 1. The van der Waals surface area contributed by atoms with Crippen molar-refractivity contribution < 1.29 is 4.79 Å². The van der Waals surface area contributed by atoms with Crippen LogP contribution in [-0.2, 0) is 4.79 Å². The molecule has 0 aliphatic heterocycles. The van der Waals surface area contributed by atoms with Gasteiger partial charge in [-0.25, -0.2) is 0 Å². The number of rotatable bonds is 8. The highest BCUT2D eigenvalue weighted by Crippen LogP contribution is 2.32. The summed E-state index contributed by atoms with van der Waals surface area (Å²) in [5.41, 5.74) is 5.44. The van der Waals surface area contributed by atoms with Gasteiger partial charge in [-0.05, 0) is 44.1 Å². The zero-order valence-corrected chi connectivity index (χ0v) is 11.8. The summed E-state index contributed by atoms with van der Waals surface area (Å²) in [6.07, 6.45) is 9.68. The van der Waals surface area contributed by atoms with E-state index in [-0.39, 0.29) is 11.8 Å². The topological polar surface area (TPSA) is 55.1 Å². The lowest BCUT2D eigenvalue weighted by molar-refractivity contribution is -0.126. The van der Waals surface area contributed by atoms with E-state index in [0.29, 0.717) is 11.8 Å². The Balaban J connectivity index is 2.31. The fourth-order valence-corrected chi connectivity index (χ4v) is 2.75. The largest absolute Gasteiger partial charge is 0.356 e. The Morgan fingerprint density at radius 2 is 2.22 bits per heavy atom. The smallest absolute Gasteiger partial charge is 0.223 e. The van der Waals surface area contributed by atoms with Gasteiger partial charge in [0.25, 0.3) is 0 Å². The van der Waals surface area contributed by atoms with Crippen LogP contribution in [0.5, 0.6) is 0 Å². The average Bonchev–Trinajstić information content (AvgIpc) is 2.77. The number of allylic oxidation sites excluding steroid dienone is 2. The highest BCUT2D eigenvalue weighted by molar-refractivity contribution is 5.79. The lowest BCUT2D eigenvalue weighted by Gasteiger charge is -2.24. The third kappa shape index (κ3) is 4.45. The Hall–Kier alpha value is -0.830. The predicted molar refractivity (Wildman–Crippen MR) is 76.1 cm³/mol. The van der Waals surface area contributed by atoms with E-state index >= 15 is 0 Å². The van der Waals surface area contributed by atoms with Crippen LogP contribution in [-0.4, -0.2) is 19.0 Å². The first-order valence-electron chi connectivity index (χ1n) is 7.35. The summed E-state index contributed by atoms with van der Waals surface area (Å²) in [6.45, 7) is 5.88. The monoisotopic (exact) mass is 252 g/mol. The van der Waals surface area contributed by atoms with Gasteiger partial charge in [0, 0.05) is 12.5 Å². The van der Waals surface area contributed by atoms with Gasteiger partial charge in [0.1, 0.15) is 0 Å². The van der Waals surface area contributed by atoms with Crippen molar-refractivity contribution in [1.29, 1.82) is 0 Å². The molecule has 1 amide bonds. The van der Waals surface area contributed by atoms with Crippen LogP contribution in [0.2, 0.25) is 0 Å². The molecule has 1 rings (SSSR count). The molecule has 0 bridgehead atoms. The first kappa shape index (κ1) is 15.2. The van der Waals surface area contributed by atoms with Crippen LogP contribution in [0.1, 0.15) is 46.0 Å². The molecule has 18 heavy (non-hydrogen) atoms. The van der Waals surface area contributed by atoms with Gasteiger partial charge in [-0.3, -0.25) is 4.79 Å². The molecule has 3 nitrogen and oxygen atoms in total. The summed E-state index contributed by atoms with van der Waals surface area (Å²) in [5, 5.41) is 3.08. The van der Waals surface area contributed by atoms with Gasteiger partial charge in [0.15, 0.2) is 0 Å². The second-order valence-electron chi connectivity index (χ2n) is 5.37. The van der Waals surface area contributed by atoms with Crippen molar-refractivity contribution in [2.24, 2.45) is 23.5 Å². The second kappa shape index (κ2) is 8.30. The standard InChI is InChI=1S/C15H28N2O/c1-3-13(14-9-7-8-12(14)2)15(18)17-11-6-4-5-10-16/h7,9,12-14H,3-6,8,10-11,16H2,1-2H3,(H,17,18)/t12-,13?,14?/m0/s1. The van der Waals surface area contributed by atoms with Crippen molar-refractivity contribution in [1.82, 2.24) is 5.32 Å². The Morgan fingerprint density at radius 3 is 2.78 bits per heavy atom. The van der Waals surface area contributed by atoms with E-state index in [9.17, 15) is 4.79 Å². The number of carbonyl (C=O) groups is 1. The van der Waals surface area contributed by atoms with Gasteiger partial charge in [-0.1, -0.05) is 32.4 Å². The normalized spacial score (nSPS) is 24.2. The molecule has 1 aliphatic rings. The highest BCUT2D eigenvalue weighted by Gasteiger charge is 2.30. The number of nitrogens with one attached hydrogen (secondary N) is 1. The Bertz CT molecular complexity index is 276. The highest BCUT2D eigenvalue weighted by atomic mass is 16.1. The second-order valence-corrected chi connectivity index (χ2v) is 5.37. The minimum Gasteiger partial charge on any atom is -0.356 e.